The van der Waals surface area contributed by atoms with Gasteiger partial charge in [-0.05, 0) is 30.2 Å². The van der Waals surface area contributed by atoms with Crippen molar-refractivity contribution >= 4 is 29.3 Å². The number of hydrogen-bond donors (Lipinski definition) is 3. The van der Waals surface area contributed by atoms with Crippen LogP contribution in [-0.4, -0.2) is 107 Å². The number of ether oxygens (including phenoxy) is 5. The summed E-state index contributed by atoms with van der Waals surface area (Å²) >= 11 is 0. The fraction of sp³-hybridized carbons (Fsp3) is 0.615. The number of carbonyl (C=O) groups excluding carboxylic acids is 4. The Kier molecular flexibility index (Phi) is 13.3. The summed E-state index contributed by atoms with van der Waals surface area (Å²) in [5.74, 6) is -1.26. The Labute approximate surface area is 227 Å². The van der Waals surface area contributed by atoms with Crippen LogP contribution >= 0.6 is 0 Å². The summed E-state index contributed by atoms with van der Waals surface area (Å²) < 4.78 is 26.8. The lowest BCUT2D eigenvalue weighted by atomic mass is 10.0. The molecule has 2 aliphatic heterocycles. The van der Waals surface area contributed by atoms with Gasteiger partial charge in [0.1, 0.15) is 6.04 Å². The topological polar surface area (TPSA) is 168 Å². The molecule has 1 saturated heterocycles. The number of nitrogens with one attached hydrogen (secondary N) is 2. The van der Waals surface area contributed by atoms with E-state index < -0.39 is 11.9 Å². The normalized spacial score (nSPS) is 16.9. The summed E-state index contributed by atoms with van der Waals surface area (Å²) in [6.45, 7) is 5.15. The molecule has 1 aromatic carbocycles. The van der Waals surface area contributed by atoms with Gasteiger partial charge in [-0.1, -0.05) is 0 Å². The van der Waals surface area contributed by atoms with Gasteiger partial charge in [-0.25, -0.2) is 0 Å². The average Bonchev–Trinajstić information content (AvgIpc) is 3.23. The molecular weight excluding hydrogens is 512 g/mol. The fourth-order valence-corrected chi connectivity index (χ4v) is 4.11. The van der Waals surface area contributed by atoms with E-state index in [2.05, 4.69) is 10.6 Å². The maximum Gasteiger partial charge on any atom is 0.255 e. The van der Waals surface area contributed by atoms with Gasteiger partial charge < -0.3 is 39.6 Å². The molecule has 216 valence electrons. The third kappa shape index (κ3) is 10.3. The largest absolute Gasteiger partial charge is 0.379 e. The highest BCUT2D eigenvalue weighted by atomic mass is 16.6. The summed E-state index contributed by atoms with van der Waals surface area (Å²) in [6.07, 6.45) is 0.665. The summed E-state index contributed by atoms with van der Waals surface area (Å²) in [5.41, 5.74) is 7.09. The molecule has 2 aliphatic rings. The lowest BCUT2D eigenvalue weighted by molar-refractivity contribution is -0.137. The van der Waals surface area contributed by atoms with Crippen LogP contribution in [0.5, 0.6) is 0 Å². The molecule has 1 fully saturated rings. The lowest BCUT2D eigenvalue weighted by Crippen LogP contribution is -2.52. The Morgan fingerprint density at radius 1 is 0.897 bits per heavy atom. The molecule has 39 heavy (non-hydrogen) atoms. The van der Waals surface area contributed by atoms with Gasteiger partial charge in [0.2, 0.25) is 17.7 Å². The zero-order valence-corrected chi connectivity index (χ0v) is 22.1. The highest BCUT2D eigenvalue weighted by molar-refractivity contribution is 6.05. The van der Waals surface area contributed by atoms with Gasteiger partial charge in [0, 0.05) is 30.8 Å². The molecule has 4 N–H and O–H groups in total. The molecule has 13 nitrogen and oxygen atoms in total. The Morgan fingerprint density at radius 2 is 1.49 bits per heavy atom. The van der Waals surface area contributed by atoms with Crippen molar-refractivity contribution in [2.24, 2.45) is 5.73 Å². The molecule has 2 heterocycles. The molecule has 1 unspecified atom stereocenters. The Morgan fingerprint density at radius 3 is 2.08 bits per heavy atom. The number of hydrogen-bond acceptors (Lipinski definition) is 10. The highest BCUT2D eigenvalue weighted by Crippen LogP contribution is 2.29. The van der Waals surface area contributed by atoms with Crippen LogP contribution in [0, 0.1) is 0 Å². The van der Waals surface area contributed by atoms with Crippen molar-refractivity contribution in [3.05, 3.63) is 29.3 Å². The number of imide groups is 1. The van der Waals surface area contributed by atoms with Crippen LogP contribution in [0.2, 0.25) is 0 Å². The van der Waals surface area contributed by atoms with E-state index in [1.165, 1.54) is 4.90 Å². The van der Waals surface area contributed by atoms with Crippen LogP contribution in [0.15, 0.2) is 18.2 Å². The number of rotatable bonds is 19. The van der Waals surface area contributed by atoms with E-state index >= 15 is 0 Å². The minimum absolute atomic E-state index is 0.165. The van der Waals surface area contributed by atoms with Gasteiger partial charge in [-0.3, -0.25) is 24.5 Å². The molecule has 0 aromatic heterocycles. The maximum atomic E-state index is 12.8. The van der Waals surface area contributed by atoms with Crippen molar-refractivity contribution in [2.45, 2.75) is 31.8 Å². The first-order valence-corrected chi connectivity index (χ1v) is 13.2. The monoisotopic (exact) mass is 550 g/mol. The van der Waals surface area contributed by atoms with Gasteiger partial charge in [-0.15, -0.1) is 0 Å². The standard InChI is InChI=1S/C26H38N4O9/c27-6-8-36-10-12-38-14-16-39-15-13-37-11-9-35-7-5-24(32)28-20-1-2-21-19(17-20)18-30(26(21)34)22-3-4-23(31)29-25(22)33/h1-2,17,22H,3-16,18,27H2,(H,28,32)(H,29,31,33). The Balaban J connectivity index is 1.21. The number of benzene rings is 1. The Hall–Kier alpha value is -2.94. The summed E-state index contributed by atoms with van der Waals surface area (Å²) in [5, 5.41) is 5.09. The number of carbonyl (C=O) groups is 4. The van der Waals surface area contributed by atoms with Crippen LogP contribution in [-0.2, 0) is 44.6 Å². The van der Waals surface area contributed by atoms with Crippen molar-refractivity contribution < 1.29 is 42.9 Å². The number of anilines is 1. The van der Waals surface area contributed by atoms with Crippen LogP contribution in [0.4, 0.5) is 5.69 Å². The van der Waals surface area contributed by atoms with E-state index in [1.54, 1.807) is 18.2 Å². The van der Waals surface area contributed by atoms with Gasteiger partial charge in [0.25, 0.3) is 5.91 Å². The van der Waals surface area contributed by atoms with E-state index in [-0.39, 0.29) is 43.7 Å². The first kappa shape index (κ1) is 30.6. The van der Waals surface area contributed by atoms with E-state index in [1.807, 2.05) is 0 Å². The van der Waals surface area contributed by atoms with Crippen molar-refractivity contribution in [1.29, 1.82) is 0 Å². The molecule has 4 amide bonds. The van der Waals surface area contributed by atoms with Crippen LogP contribution < -0.4 is 16.4 Å². The first-order chi connectivity index (χ1) is 19.0. The van der Waals surface area contributed by atoms with Gasteiger partial charge >= 0.3 is 0 Å². The number of nitrogens with two attached hydrogens (primary N) is 1. The number of nitrogens with zero attached hydrogens (tertiary/aromatic N) is 1. The molecule has 0 aliphatic carbocycles. The predicted octanol–water partition coefficient (Wildman–Crippen LogP) is -0.182. The zero-order chi connectivity index (χ0) is 27.9. The van der Waals surface area contributed by atoms with E-state index in [0.717, 1.165) is 5.56 Å². The zero-order valence-electron chi connectivity index (χ0n) is 22.1. The maximum absolute atomic E-state index is 12.8. The van der Waals surface area contributed by atoms with Crippen LogP contribution in [0.3, 0.4) is 0 Å². The smallest absolute Gasteiger partial charge is 0.255 e. The molecular formula is C26H38N4O9. The van der Waals surface area contributed by atoms with E-state index in [0.29, 0.717) is 83.7 Å². The summed E-state index contributed by atoms with van der Waals surface area (Å²) in [6, 6.07) is 4.36. The molecule has 1 atom stereocenters. The van der Waals surface area contributed by atoms with Crippen molar-refractivity contribution in [3.8, 4) is 0 Å². The van der Waals surface area contributed by atoms with Crippen LogP contribution in [0.1, 0.15) is 35.2 Å². The molecule has 0 saturated carbocycles. The minimum Gasteiger partial charge on any atom is -0.379 e. The molecule has 3 rings (SSSR count). The minimum atomic E-state index is -0.675. The molecule has 0 bridgehead atoms. The molecule has 0 spiro atoms. The van der Waals surface area contributed by atoms with E-state index in [4.69, 9.17) is 29.4 Å². The van der Waals surface area contributed by atoms with E-state index in [9.17, 15) is 19.2 Å². The van der Waals surface area contributed by atoms with Gasteiger partial charge in [0.05, 0.1) is 72.5 Å². The first-order valence-electron chi connectivity index (χ1n) is 13.2. The molecule has 1 aromatic rings. The summed E-state index contributed by atoms with van der Waals surface area (Å²) in [4.78, 5) is 50.1. The molecule has 13 heteroatoms. The second-order valence-corrected chi connectivity index (χ2v) is 8.92. The van der Waals surface area contributed by atoms with Crippen molar-refractivity contribution in [1.82, 2.24) is 10.2 Å². The van der Waals surface area contributed by atoms with Crippen molar-refractivity contribution in [2.75, 3.05) is 77.9 Å². The quantitative estimate of drug-likeness (QED) is 0.155. The number of fused-ring (bicyclic) bond motifs is 1. The second-order valence-electron chi connectivity index (χ2n) is 8.92. The van der Waals surface area contributed by atoms with Gasteiger partial charge in [-0.2, -0.15) is 0 Å². The third-order valence-electron chi connectivity index (χ3n) is 6.03. The number of piperidine rings is 1. The fourth-order valence-electron chi connectivity index (χ4n) is 4.11. The predicted molar refractivity (Wildman–Crippen MR) is 139 cm³/mol. The SMILES string of the molecule is NCCOCCOCCOCCOCCOCCC(=O)Nc1ccc2c(c1)CN(C1CCC(=O)NC1=O)C2=O. The van der Waals surface area contributed by atoms with Crippen LogP contribution in [0.25, 0.3) is 0 Å². The summed E-state index contributed by atoms with van der Waals surface area (Å²) in [7, 11) is 0. The van der Waals surface area contributed by atoms with Crippen molar-refractivity contribution in [3.63, 3.8) is 0 Å². The highest BCUT2D eigenvalue weighted by Gasteiger charge is 2.39. The number of amides is 4. The third-order valence-corrected chi connectivity index (χ3v) is 6.03. The van der Waals surface area contributed by atoms with Gasteiger partial charge in [0.15, 0.2) is 0 Å². The average molecular weight is 551 g/mol. The second kappa shape index (κ2) is 16.9. The Bertz CT molecular complexity index is 975. The molecule has 0 radical (unpaired) electrons. The lowest BCUT2D eigenvalue weighted by Gasteiger charge is -2.29.